The molecule has 2 aromatic carbocycles. The summed E-state index contributed by atoms with van der Waals surface area (Å²) in [7, 11) is 0. The minimum atomic E-state index is -0.372. The Balaban J connectivity index is 1.50. The van der Waals surface area contributed by atoms with Crippen LogP contribution in [0.15, 0.2) is 42.5 Å². The summed E-state index contributed by atoms with van der Waals surface area (Å²) in [5.41, 5.74) is 1.18. The fourth-order valence-corrected chi connectivity index (χ4v) is 4.01. The zero-order chi connectivity index (χ0) is 17.9. The van der Waals surface area contributed by atoms with E-state index in [0.29, 0.717) is 13.1 Å². The maximum absolute atomic E-state index is 12.6. The Morgan fingerprint density at radius 2 is 1.81 bits per heavy atom. The van der Waals surface area contributed by atoms with Crippen LogP contribution in [0, 0.1) is 0 Å². The molecular weight excluding hydrogens is 326 g/mol. The van der Waals surface area contributed by atoms with E-state index in [1.54, 1.807) is 0 Å². The van der Waals surface area contributed by atoms with E-state index in [-0.39, 0.29) is 24.3 Å². The first kappa shape index (κ1) is 17.0. The molecule has 2 amide bonds. The molecule has 2 fully saturated rings. The van der Waals surface area contributed by atoms with E-state index in [1.165, 1.54) is 16.3 Å². The summed E-state index contributed by atoms with van der Waals surface area (Å²) >= 11 is 0. The molecule has 2 saturated heterocycles. The van der Waals surface area contributed by atoms with Gasteiger partial charge in [-0.25, -0.2) is 0 Å². The Morgan fingerprint density at radius 3 is 2.62 bits per heavy atom. The van der Waals surface area contributed by atoms with Crippen molar-refractivity contribution in [2.24, 2.45) is 0 Å². The van der Waals surface area contributed by atoms with Crippen LogP contribution in [-0.4, -0.2) is 53.8 Å². The van der Waals surface area contributed by atoms with Crippen LogP contribution in [-0.2, 0) is 16.1 Å². The van der Waals surface area contributed by atoms with Crippen LogP contribution in [0.1, 0.15) is 24.8 Å². The third-order valence-electron chi connectivity index (χ3n) is 5.47. The van der Waals surface area contributed by atoms with Crippen LogP contribution in [0.4, 0.5) is 0 Å². The van der Waals surface area contributed by atoms with Crippen LogP contribution in [0.25, 0.3) is 10.8 Å². The third-order valence-corrected chi connectivity index (χ3v) is 5.47. The molecular formula is C21H25N3O2. The molecule has 1 atom stereocenters. The molecule has 1 unspecified atom stereocenters. The number of carbonyl (C=O) groups excluding carboxylic acids is 2. The van der Waals surface area contributed by atoms with E-state index in [1.807, 2.05) is 17.0 Å². The van der Waals surface area contributed by atoms with E-state index in [4.69, 9.17) is 0 Å². The van der Waals surface area contributed by atoms with E-state index in [9.17, 15) is 9.59 Å². The van der Waals surface area contributed by atoms with Gasteiger partial charge in [-0.1, -0.05) is 36.4 Å². The highest BCUT2D eigenvalue weighted by molar-refractivity contribution is 5.89. The van der Waals surface area contributed by atoms with Crippen molar-refractivity contribution in [3.63, 3.8) is 0 Å². The standard InChI is InChI=1S/C21H25N3O2/c25-20(23-10-3-4-11-23)14-19-21(26)22-9-12-24(19)15-16-7-8-17-5-1-2-6-18(17)13-16/h1-2,5-8,13,19H,3-4,9-12,14-15H2,(H,22,26). The lowest BCUT2D eigenvalue weighted by Gasteiger charge is -2.35. The summed E-state index contributed by atoms with van der Waals surface area (Å²) in [6, 6.07) is 14.3. The lowest BCUT2D eigenvalue weighted by atomic mass is 10.0. The smallest absolute Gasteiger partial charge is 0.237 e. The fourth-order valence-electron chi connectivity index (χ4n) is 4.01. The largest absolute Gasteiger partial charge is 0.353 e. The number of benzene rings is 2. The molecule has 0 bridgehead atoms. The second-order valence-corrected chi connectivity index (χ2v) is 7.25. The molecule has 2 aromatic rings. The first-order chi connectivity index (χ1) is 12.7. The highest BCUT2D eigenvalue weighted by Crippen LogP contribution is 2.20. The summed E-state index contributed by atoms with van der Waals surface area (Å²) in [5, 5.41) is 5.34. The molecule has 1 N–H and O–H groups in total. The zero-order valence-corrected chi connectivity index (χ0v) is 15.0. The van der Waals surface area contributed by atoms with Crippen molar-refractivity contribution in [3.8, 4) is 0 Å². The minimum absolute atomic E-state index is 0.0235. The SMILES string of the molecule is O=C1NCCN(Cc2ccc3ccccc3c2)C1CC(=O)N1CCCC1. The molecule has 2 heterocycles. The van der Waals surface area contributed by atoms with Gasteiger partial charge in [-0.15, -0.1) is 0 Å². The molecule has 0 aromatic heterocycles. The number of nitrogens with one attached hydrogen (secondary N) is 1. The number of carbonyl (C=O) groups is 2. The lowest BCUT2D eigenvalue weighted by molar-refractivity contribution is -0.138. The van der Waals surface area contributed by atoms with Gasteiger partial charge in [0.15, 0.2) is 0 Å². The van der Waals surface area contributed by atoms with Gasteiger partial charge in [0.25, 0.3) is 0 Å². The second-order valence-electron chi connectivity index (χ2n) is 7.25. The first-order valence-electron chi connectivity index (χ1n) is 9.48. The van der Waals surface area contributed by atoms with Crippen molar-refractivity contribution < 1.29 is 9.59 Å². The van der Waals surface area contributed by atoms with Crippen LogP contribution in [0.5, 0.6) is 0 Å². The lowest BCUT2D eigenvalue weighted by Crippen LogP contribution is -2.56. The van der Waals surface area contributed by atoms with Crippen molar-refractivity contribution >= 4 is 22.6 Å². The van der Waals surface area contributed by atoms with Gasteiger partial charge >= 0.3 is 0 Å². The first-order valence-corrected chi connectivity index (χ1v) is 9.48. The number of amides is 2. The quantitative estimate of drug-likeness (QED) is 0.918. The minimum Gasteiger partial charge on any atom is -0.353 e. The highest BCUT2D eigenvalue weighted by Gasteiger charge is 2.33. The van der Waals surface area contributed by atoms with Gasteiger partial charge in [0, 0.05) is 32.7 Å². The second kappa shape index (κ2) is 7.46. The molecule has 4 rings (SSSR count). The molecule has 2 aliphatic heterocycles. The Hall–Kier alpha value is -2.40. The van der Waals surface area contributed by atoms with Gasteiger partial charge < -0.3 is 10.2 Å². The summed E-state index contributed by atoms with van der Waals surface area (Å²) in [6.07, 6.45) is 2.42. The molecule has 2 aliphatic rings. The average Bonchev–Trinajstić information content (AvgIpc) is 3.19. The number of hydrogen-bond donors (Lipinski definition) is 1. The number of piperazine rings is 1. The number of nitrogens with zero attached hydrogens (tertiary/aromatic N) is 2. The van der Waals surface area contributed by atoms with Gasteiger partial charge in [0.1, 0.15) is 0 Å². The van der Waals surface area contributed by atoms with Crippen LogP contribution < -0.4 is 5.32 Å². The van der Waals surface area contributed by atoms with Crippen molar-refractivity contribution in [1.29, 1.82) is 0 Å². The van der Waals surface area contributed by atoms with Gasteiger partial charge in [0.2, 0.25) is 11.8 Å². The molecule has 136 valence electrons. The summed E-state index contributed by atoms with van der Waals surface area (Å²) in [4.78, 5) is 29.0. The topological polar surface area (TPSA) is 52.7 Å². The van der Waals surface area contributed by atoms with Crippen molar-refractivity contribution in [2.45, 2.75) is 31.8 Å². The number of likely N-dealkylation sites (tertiary alicyclic amines) is 1. The van der Waals surface area contributed by atoms with E-state index >= 15 is 0 Å². The molecule has 26 heavy (non-hydrogen) atoms. The third kappa shape index (κ3) is 3.58. The summed E-state index contributed by atoms with van der Waals surface area (Å²) in [5.74, 6) is 0.0812. The Bertz CT molecular complexity index is 814. The maximum Gasteiger partial charge on any atom is 0.237 e. The zero-order valence-electron chi connectivity index (χ0n) is 15.0. The molecule has 0 spiro atoms. The number of hydrogen-bond acceptors (Lipinski definition) is 3. The predicted octanol–water partition coefficient (Wildman–Crippen LogP) is 2.15. The van der Waals surface area contributed by atoms with E-state index in [0.717, 1.165) is 32.5 Å². The van der Waals surface area contributed by atoms with Crippen molar-refractivity contribution in [3.05, 3.63) is 48.0 Å². The normalized spacial score (nSPS) is 21.2. The van der Waals surface area contributed by atoms with Crippen LogP contribution >= 0.6 is 0 Å². The molecule has 0 aliphatic carbocycles. The van der Waals surface area contributed by atoms with Gasteiger partial charge in [-0.05, 0) is 35.2 Å². The number of rotatable bonds is 4. The van der Waals surface area contributed by atoms with Gasteiger partial charge in [0.05, 0.1) is 12.5 Å². The Morgan fingerprint density at radius 1 is 1.04 bits per heavy atom. The summed E-state index contributed by atoms with van der Waals surface area (Å²) in [6.45, 7) is 3.77. The Labute approximate surface area is 154 Å². The summed E-state index contributed by atoms with van der Waals surface area (Å²) < 4.78 is 0. The van der Waals surface area contributed by atoms with Crippen molar-refractivity contribution in [1.82, 2.24) is 15.1 Å². The molecule has 5 heteroatoms. The molecule has 5 nitrogen and oxygen atoms in total. The van der Waals surface area contributed by atoms with Gasteiger partial charge in [-0.3, -0.25) is 14.5 Å². The van der Waals surface area contributed by atoms with Gasteiger partial charge in [-0.2, -0.15) is 0 Å². The molecule has 0 saturated carbocycles. The molecule has 0 radical (unpaired) electrons. The predicted molar refractivity (Wildman–Crippen MR) is 102 cm³/mol. The van der Waals surface area contributed by atoms with Crippen LogP contribution in [0.2, 0.25) is 0 Å². The Kier molecular flexibility index (Phi) is 4.89. The maximum atomic E-state index is 12.6. The fraction of sp³-hybridized carbons (Fsp3) is 0.429. The van der Waals surface area contributed by atoms with Crippen LogP contribution in [0.3, 0.4) is 0 Å². The number of fused-ring (bicyclic) bond motifs is 1. The monoisotopic (exact) mass is 351 g/mol. The van der Waals surface area contributed by atoms with Crippen molar-refractivity contribution in [2.75, 3.05) is 26.2 Å². The highest BCUT2D eigenvalue weighted by atomic mass is 16.2. The average molecular weight is 351 g/mol. The van der Waals surface area contributed by atoms with E-state index in [2.05, 4.69) is 40.5 Å². The van der Waals surface area contributed by atoms with E-state index < -0.39 is 0 Å².